The van der Waals surface area contributed by atoms with Gasteiger partial charge in [0.25, 0.3) is 5.91 Å². The fraction of sp³-hybridized carbons (Fsp3) is 0.571. The summed E-state index contributed by atoms with van der Waals surface area (Å²) in [7, 11) is 1.63. The topological polar surface area (TPSA) is 78.9 Å². The number of ether oxygens (including phenoxy) is 1. The second-order valence-electron chi connectivity index (χ2n) is 5.25. The molecule has 6 nitrogen and oxygen atoms in total. The minimum absolute atomic E-state index is 0.0696. The number of hydrogen-bond donors (Lipinski definition) is 2. The second kappa shape index (κ2) is 7.02. The molecule has 2 heterocycles. The van der Waals surface area contributed by atoms with Crippen molar-refractivity contribution in [3.05, 3.63) is 22.4 Å². The number of amides is 2. The number of carbonyl (C=O) groups is 2. The van der Waals surface area contributed by atoms with Crippen molar-refractivity contribution in [3.8, 4) is 0 Å². The van der Waals surface area contributed by atoms with E-state index in [1.54, 1.807) is 19.2 Å². The van der Waals surface area contributed by atoms with Gasteiger partial charge in [-0.15, -0.1) is 11.3 Å². The van der Waals surface area contributed by atoms with Gasteiger partial charge < -0.3 is 20.1 Å². The lowest BCUT2D eigenvalue weighted by molar-refractivity contribution is -0.135. The lowest BCUT2D eigenvalue weighted by Crippen LogP contribution is -2.49. The maximum absolute atomic E-state index is 12.0. The van der Waals surface area contributed by atoms with E-state index in [0.717, 1.165) is 0 Å². The summed E-state index contributed by atoms with van der Waals surface area (Å²) in [5.41, 5.74) is -0.888. The van der Waals surface area contributed by atoms with Gasteiger partial charge in [-0.25, -0.2) is 0 Å². The van der Waals surface area contributed by atoms with Gasteiger partial charge in [0, 0.05) is 39.6 Å². The van der Waals surface area contributed by atoms with E-state index in [-0.39, 0.29) is 24.9 Å². The molecule has 0 radical (unpaired) electrons. The molecule has 7 heteroatoms. The van der Waals surface area contributed by atoms with Gasteiger partial charge in [-0.1, -0.05) is 6.07 Å². The number of hydrogen-bond acceptors (Lipinski definition) is 5. The van der Waals surface area contributed by atoms with Crippen molar-refractivity contribution in [1.82, 2.24) is 10.2 Å². The molecular formula is C14H20N2O4S. The Labute approximate surface area is 127 Å². The van der Waals surface area contributed by atoms with Gasteiger partial charge in [0.15, 0.2) is 0 Å². The van der Waals surface area contributed by atoms with Crippen molar-refractivity contribution in [2.45, 2.75) is 18.4 Å². The molecule has 0 aliphatic carbocycles. The lowest BCUT2D eigenvalue weighted by Gasteiger charge is -2.35. The average Bonchev–Trinajstić information content (AvgIpc) is 2.98. The summed E-state index contributed by atoms with van der Waals surface area (Å²) in [5.74, 6) is -0.476. The minimum atomic E-state index is -0.888. The highest BCUT2D eigenvalue weighted by molar-refractivity contribution is 7.12. The number of likely N-dealkylation sites (N-methyl/N-ethyl adjacent to an activating group) is 1. The summed E-state index contributed by atoms with van der Waals surface area (Å²) in [6.07, 6.45) is 1.04. The average molecular weight is 312 g/mol. The van der Waals surface area contributed by atoms with Crippen LogP contribution in [0.5, 0.6) is 0 Å². The van der Waals surface area contributed by atoms with Crippen LogP contribution in [0, 0.1) is 0 Å². The van der Waals surface area contributed by atoms with E-state index >= 15 is 0 Å². The van der Waals surface area contributed by atoms with Gasteiger partial charge in [0.2, 0.25) is 5.91 Å². The van der Waals surface area contributed by atoms with Gasteiger partial charge in [-0.3, -0.25) is 9.59 Å². The first kappa shape index (κ1) is 15.9. The largest absolute Gasteiger partial charge is 0.388 e. The summed E-state index contributed by atoms with van der Waals surface area (Å²) in [4.78, 5) is 25.8. The smallest absolute Gasteiger partial charge is 0.261 e. The number of aliphatic hydroxyl groups is 1. The maximum Gasteiger partial charge on any atom is 0.261 e. The normalized spacial score (nSPS) is 17.2. The molecule has 1 aromatic heterocycles. The molecule has 21 heavy (non-hydrogen) atoms. The molecule has 0 atom stereocenters. The van der Waals surface area contributed by atoms with Crippen LogP contribution in [-0.4, -0.2) is 60.8 Å². The maximum atomic E-state index is 12.0. The molecule has 0 spiro atoms. The SMILES string of the molecule is CN(CC1(O)CCOCC1)C(=O)CNC(=O)c1cccs1. The number of carbonyl (C=O) groups excluding carboxylic acids is 2. The van der Waals surface area contributed by atoms with E-state index in [4.69, 9.17) is 4.74 Å². The highest BCUT2D eigenvalue weighted by Crippen LogP contribution is 2.21. The van der Waals surface area contributed by atoms with Crippen LogP contribution in [0.1, 0.15) is 22.5 Å². The Bertz CT molecular complexity index is 483. The second-order valence-corrected chi connectivity index (χ2v) is 6.19. The van der Waals surface area contributed by atoms with Crippen LogP contribution >= 0.6 is 11.3 Å². The van der Waals surface area contributed by atoms with Gasteiger partial charge in [-0.2, -0.15) is 0 Å². The monoisotopic (exact) mass is 312 g/mol. The van der Waals surface area contributed by atoms with E-state index in [2.05, 4.69) is 5.32 Å². The van der Waals surface area contributed by atoms with E-state index < -0.39 is 5.60 Å². The standard InChI is InChI=1S/C14H20N2O4S/c1-16(10-14(19)4-6-20-7-5-14)12(17)9-15-13(18)11-3-2-8-21-11/h2-3,8,19H,4-7,9-10H2,1H3,(H,15,18). The summed E-state index contributed by atoms with van der Waals surface area (Å²) in [6.45, 7) is 1.20. The fourth-order valence-electron chi connectivity index (χ4n) is 2.22. The number of nitrogens with zero attached hydrogens (tertiary/aromatic N) is 1. The third kappa shape index (κ3) is 4.52. The van der Waals surface area contributed by atoms with Gasteiger partial charge >= 0.3 is 0 Å². The third-order valence-electron chi connectivity index (χ3n) is 3.53. The molecule has 0 unspecified atom stereocenters. The predicted molar refractivity (Wildman–Crippen MR) is 79.3 cm³/mol. The van der Waals surface area contributed by atoms with E-state index in [1.165, 1.54) is 16.2 Å². The Morgan fingerprint density at radius 2 is 2.19 bits per heavy atom. The predicted octanol–water partition coefficient (Wildman–Crippen LogP) is 0.478. The highest BCUT2D eigenvalue weighted by Gasteiger charge is 2.32. The number of thiophene rings is 1. The molecule has 0 bridgehead atoms. The quantitative estimate of drug-likeness (QED) is 0.829. The molecule has 1 saturated heterocycles. The molecule has 116 valence electrons. The lowest BCUT2D eigenvalue weighted by atomic mass is 9.94. The molecule has 2 rings (SSSR count). The zero-order chi connectivity index (χ0) is 15.3. The molecule has 2 amide bonds. The first-order chi connectivity index (χ1) is 10.0. The zero-order valence-electron chi connectivity index (χ0n) is 12.0. The first-order valence-corrected chi connectivity index (χ1v) is 7.74. The van der Waals surface area contributed by atoms with Crippen molar-refractivity contribution >= 4 is 23.2 Å². The van der Waals surface area contributed by atoms with Crippen LogP contribution in [-0.2, 0) is 9.53 Å². The Morgan fingerprint density at radius 1 is 1.48 bits per heavy atom. The molecular weight excluding hydrogens is 292 g/mol. The third-order valence-corrected chi connectivity index (χ3v) is 4.39. The van der Waals surface area contributed by atoms with E-state index in [1.807, 2.05) is 5.38 Å². The van der Waals surface area contributed by atoms with Crippen LogP contribution in [0.2, 0.25) is 0 Å². The zero-order valence-corrected chi connectivity index (χ0v) is 12.8. The van der Waals surface area contributed by atoms with Gasteiger partial charge in [-0.05, 0) is 11.4 Å². The van der Waals surface area contributed by atoms with Crippen molar-refractivity contribution in [2.24, 2.45) is 0 Å². The number of nitrogens with one attached hydrogen (secondary N) is 1. The van der Waals surface area contributed by atoms with Crippen LogP contribution in [0.25, 0.3) is 0 Å². The molecule has 2 N–H and O–H groups in total. The minimum Gasteiger partial charge on any atom is -0.388 e. The fourth-order valence-corrected chi connectivity index (χ4v) is 2.86. The Balaban J connectivity index is 1.78. The molecule has 1 aliphatic heterocycles. The van der Waals surface area contributed by atoms with Crippen LogP contribution in [0.4, 0.5) is 0 Å². The van der Waals surface area contributed by atoms with Gasteiger partial charge in [0.1, 0.15) is 0 Å². The Morgan fingerprint density at radius 3 is 2.81 bits per heavy atom. The van der Waals surface area contributed by atoms with Crippen LogP contribution < -0.4 is 5.32 Å². The first-order valence-electron chi connectivity index (χ1n) is 6.86. The molecule has 1 aromatic rings. The van der Waals surface area contributed by atoms with E-state index in [9.17, 15) is 14.7 Å². The van der Waals surface area contributed by atoms with Crippen molar-refractivity contribution in [2.75, 3.05) is 33.4 Å². The summed E-state index contributed by atoms with van der Waals surface area (Å²) in [5, 5.41) is 14.8. The summed E-state index contributed by atoms with van der Waals surface area (Å²) in [6, 6.07) is 3.49. The molecule has 1 fully saturated rings. The molecule has 0 saturated carbocycles. The molecule has 1 aliphatic rings. The van der Waals surface area contributed by atoms with E-state index in [0.29, 0.717) is 30.9 Å². The Hall–Kier alpha value is -1.44. The van der Waals surface area contributed by atoms with Gasteiger partial charge in [0.05, 0.1) is 17.0 Å². The Kier molecular flexibility index (Phi) is 5.33. The van der Waals surface area contributed by atoms with Crippen molar-refractivity contribution < 1.29 is 19.4 Å². The molecule has 0 aromatic carbocycles. The highest BCUT2D eigenvalue weighted by atomic mass is 32.1. The number of rotatable bonds is 5. The van der Waals surface area contributed by atoms with Crippen LogP contribution in [0.3, 0.4) is 0 Å². The summed E-state index contributed by atoms with van der Waals surface area (Å²) < 4.78 is 5.21. The van der Waals surface area contributed by atoms with Crippen LogP contribution in [0.15, 0.2) is 17.5 Å². The van der Waals surface area contributed by atoms with Crippen molar-refractivity contribution in [3.63, 3.8) is 0 Å². The summed E-state index contributed by atoms with van der Waals surface area (Å²) >= 11 is 1.33. The van der Waals surface area contributed by atoms with Crippen molar-refractivity contribution in [1.29, 1.82) is 0 Å².